The van der Waals surface area contributed by atoms with Gasteiger partial charge in [-0.05, 0) is 42.3 Å². The van der Waals surface area contributed by atoms with E-state index in [0.717, 1.165) is 11.8 Å². The number of aliphatic imine (C=N–C) groups is 1. The van der Waals surface area contributed by atoms with Crippen molar-refractivity contribution in [3.8, 4) is 5.75 Å². The molecule has 2 aromatic carbocycles. The van der Waals surface area contributed by atoms with Crippen LogP contribution in [-0.2, 0) is 28.7 Å². The van der Waals surface area contributed by atoms with Crippen molar-refractivity contribution < 1.29 is 17.5 Å². The zero-order valence-electron chi connectivity index (χ0n) is 16.6. The summed E-state index contributed by atoms with van der Waals surface area (Å²) < 4.78 is 42.5. The largest absolute Gasteiger partial charge is 0.493 e. The Hall–Kier alpha value is -2.32. The van der Waals surface area contributed by atoms with E-state index in [-0.39, 0.29) is 12.3 Å². The van der Waals surface area contributed by atoms with Gasteiger partial charge in [-0.15, -0.1) is 0 Å². The molecule has 0 aromatic heterocycles. The third-order valence-corrected chi connectivity index (χ3v) is 5.10. The number of ether oxygens (including phenoxy) is 1. The maximum absolute atomic E-state index is 13.7. The number of nitrogens with zero attached hydrogens (tertiary/aromatic N) is 1. The Morgan fingerprint density at radius 3 is 2.38 bits per heavy atom. The number of sulfone groups is 1. The number of halogens is 2. The van der Waals surface area contributed by atoms with Crippen molar-refractivity contribution in [1.29, 1.82) is 0 Å². The molecule has 2 rings (SSSR count). The van der Waals surface area contributed by atoms with Crippen LogP contribution < -0.4 is 15.4 Å². The summed E-state index contributed by atoms with van der Waals surface area (Å²) in [6, 6.07) is 9.47. The van der Waals surface area contributed by atoms with Gasteiger partial charge in [0.15, 0.2) is 15.8 Å². The molecule has 0 spiro atoms. The summed E-state index contributed by atoms with van der Waals surface area (Å²) in [6.45, 7) is 3.07. The van der Waals surface area contributed by atoms with Gasteiger partial charge in [-0.3, -0.25) is 4.99 Å². The van der Waals surface area contributed by atoms with E-state index < -0.39 is 15.7 Å². The second-order valence-electron chi connectivity index (χ2n) is 6.45. The molecule has 0 saturated heterocycles. The molecule has 0 saturated carbocycles. The van der Waals surface area contributed by atoms with Crippen LogP contribution in [-0.4, -0.2) is 34.3 Å². The minimum atomic E-state index is -3.24. The molecule has 29 heavy (non-hydrogen) atoms. The first-order valence-corrected chi connectivity index (χ1v) is 11.5. The van der Waals surface area contributed by atoms with Crippen LogP contribution in [0, 0.1) is 5.82 Å². The van der Waals surface area contributed by atoms with E-state index >= 15 is 0 Å². The quantitative estimate of drug-likeness (QED) is 0.485. The number of hydrogen-bond acceptors (Lipinski definition) is 4. The Kier molecular flexibility index (Phi) is 8.28. The average Bonchev–Trinajstić information content (AvgIpc) is 2.64. The van der Waals surface area contributed by atoms with Gasteiger partial charge >= 0.3 is 0 Å². The van der Waals surface area contributed by atoms with Gasteiger partial charge in [0.1, 0.15) is 11.6 Å². The Balaban J connectivity index is 2.06. The maximum Gasteiger partial charge on any atom is 0.191 e. The third-order valence-electron chi connectivity index (χ3n) is 4.03. The van der Waals surface area contributed by atoms with Gasteiger partial charge in [0.2, 0.25) is 0 Å². The van der Waals surface area contributed by atoms with Gasteiger partial charge in [0, 0.05) is 37.0 Å². The number of benzene rings is 2. The molecule has 0 aliphatic heterocycles. The number of hydrogen-bond donors (Lipinski definition) is 2. The van der Waals surface area contributed by atoms with E-state index in [9.17, 15) is 12.8 Å². The van der Waals surface area contributed by atoms with E-state index in [0.29, 0.717) is 41.0 Å². The fourth-order valence-electron chi connectivity index (χ4n) is 2.73. The van der Waals surface area contributed by atoms with Gasteiger partial charge in [-0.25, -0.2) is 12.8 Å². The van der Waals surface area contributed by atoms with Crippen molar-refractivity contribution in [1.82, 2.24) is 10.6 Å². The van der Waals surface area contributed by atoms with E-state index in [1.54, 1.807) is 19.2 Å². The van der Waals surface area contributed by atoms with Crippen molar-refractivity contribution in [2.45, 2.75) is 25.8 Å². The molecule has 0 aliphatic rings. The summed E-state index contributed by atoms with van der Waals surface area (Å²) in [5.74, 6) is 0.587. The average molecular weight is 442 g/mol. The molecule has 0 unspecified atom stereocenters. The molecule has 0 heterocycles. The van der Waals surface area contributed by atoms with Crippen LogP contribution in [0.5, 0.6) is 5.75 Å². The van der Waals surface area contributed by atoms with Crippen molar-refractivity contribution in [2.75, 3.05) is 19.9 Å². The molecule has 0 radical (unpaired) electrons. The second-order valence-corrected chi connectivity index (χ2v) is 9.02. The summed E-state index contributed by atoms with van der Waals surface area (Å²) in [4.78, 5) is 4.15. The molecule has 9 heteroatoms. The second kappa shape index (κ2) is 10.5. The zero-order chi connectivity index (χ0) is 21.4. The van der Waals surface area contributed by atoms with Crippen LogP contribution in [0.15, 0.2) is 41.4 Å². The Morgan fingerprint density at radius 2 is 1.76 bits per heavy atom. The molecule has 0 atom stereocenters. The first-order valence-electron chi connectivity index (χ1n) is 9.02. The Morgan fingerprint density at radius 1 is 1.10 bits per heavy atom. The highest BCUT2D eigenvalue weighted by molar-refractivity contribution is 7.89. The lowest BCUT2D eigenvalue weighted by Crippen LogP contribution is -2.36. The molecule has 0 amide bonds. The Bertz CT molecular complexity index is 981. The molecular weight excluding hydrogens is 417 g/mol. The predicted octanol–water partition coefficient (Wildman–Crippen LogP) is 3.29. The molecule has 6 nitrogen and oxygen atoms in total. The van der Waals surface area contributed by atoms with Crippen molar-refractivity contribution in [2.24, 2.45) is 4.99 Å². The van der Waals surface area contributed by atoms with Gasteiger partial charge < -0.3 is 15.4 Å². The fourth-order valence-corrected chi connectivity index (χ4v) is 3.73. The maximum atomic E-state index is 13.7. The summed E-state index contributed by atoms with van der Waals surface area (Å²) >= 11 is 6.02. The van der Waals surface area contributed by atoms with E-state index in [1.165, 1.54) is 18.2 Å². The minimum Gasteiger partial charge on any atom is -0.493 e. The van der Waals surface area contributed by atoms with Crippen LogP contribution in [0.2, 0.25) is 5.02 Å². The number of guanidine groups is 1. The SMILES string of the molecule is CCOc1cc(Cl)ccc1CNC(=NC)NCc1cc(F)ccc1CS(C)(=O)=O. The molecule has 158 valence electrons. The predicted molar refractivity (Wildman–Crippen MR) is 115 cm³/mol. The Labute approximate surface area is 176 Å². The van der Waals surface area contributed by atoms with Gasteiger partial charge in [0.25, 0.3) is 0 Å². The lowest BCUT2D eigenvalue weighted by Gasteiger charge is -2.16. The molecule has 2 N–H and O–H groups in total. The zero-order valence-corrected chi connectivity index (χ0v) is 18.2. The van der Waals surface area contributed by atoms with E-state index in [1.807, 2.05) is 13.0 Å². The lowest BCUT2D eigenvalue weighted by atomic mass is 10.1. The summed E-state index contributed by atoms with van der Waals surface area (Å²) in [5, 5.41) is 6.83. The van der Waals surface area contributed by atoms with E-state index in [4.69, 9.17) is 16.3 Å². The molecule has 2 aromatic rings. The first kappa shape index (κ1) is 23.0. The standard InChI is InChI=1S/C20H25ClFN3O3S/c1-4-28-19-10-17(21)7-5-14(19)11-24-20(23-2)25-12-16-9-18(22)8-6-15(16)13-29(3,26)27/h5-10H,4,11-13H2,1-3H3,(H2,23,24,25). The van der Waals surface area contributed by atoms with Crippen molar-refractivity contribution >= 4 is 27.4 Å². The minimum absolute atomic E-state index is 0.154. The summed E-state index contributed by atoms with van der Waals surface area (Å²) in [6.07, 6.45) is 1.15. The smallest absolute Gasteiger partial charge is 0.191 e. The monoisotopic (exact) mass is 441 g/mol. The van der Waals surface area contributed by atoms with Crippen molar-refractivity contribution in [3.63, 3.8) is 0 Å². The lowest BCUT2D eigenvalue weighted by molar-refractivity contribution is 0.336. The molecular formula is C20H25ClFN3O3S. The van der Waals surface area contributed by atoms with Gasteiger partial charge in [-0.1, -0.05) is 23.7 Å². The molecule has 0 bridgehead atoms. The van der Waals surface area contributed by atoms with Gasteiger partial charge in [0.05, 0.1) is 12.4 Å². The highest BCUT2D eigenvalue weighted by Crippen LogP contribution is 2.23. The summed E-state index contributed by atoms with van der Waals surface area (Å²) in [5.41, 5.74) is 2.01. The highest BCUT2D eigenvalue weighted by Gasteiger charge is 2.12. The topological polar surface area (TPSA) is 79.8 Å². The van der Waals surface area contributed by atoms with Crippen LogP contribution in [0.1, 0.15) is 23.6 Å². The fraction of sp³-hybridized carbons (Fsp3) is 0.350. The highest BCUT2D eigenvalue weighted by atomic mass is 35.5. The number of rotatable bonds is 8. The molecule has 0 fully saturated rings. The summed E-state index contributed by atoms with van der Waals surface area (Å²) in [7, 11) is -1.62. The van der Waals surface area contributed by atoms with Crippen LogP contribution in [0.4, 0.5) is 4.39 Å². The third kappa shape index (κ3) is 7.55. The van der Waals surface area contributed by atoms with Crippen molar-refractivity contribution in [3.05, 3.63) is 63.9 Å². The van der Waals surface area contributed by atoms with Crippen LogP contribution >= 0.6 is 11.6 Å². The van der Waals surface area contributed by atoms with Crippen LogP contribution in [0.25, 0.3) is 0 Å². The molecule has 0 aliphatic carbocycles. The van der Waals surface area contributed by atoms with Crippen LogP contribution in [0.3, 0.4) is 0 Å². The normalized spacial score (nSPS) is 12.0. The van der Waals surface area contributed by atoms with Gasteiger partial charge in [-0.2, -0.15) is 0 Å². The van der Waals surface area contributed by atoms with E-state index in [2.05, 4.69) is 15.6 Å². The first-order chi connectivity index (χ1) is 13.7. The number of nitrogens with one attached hydrogen (secondary N) is 2.